The number of likely N-dealkylation sites (N-methyl/N-ethyl adjacent to an activating group) is 2. The van der Waals surface area contributed by atoms with Crippen molar-refractivity contribution in [3.8, 4) is 0 Å². The summed E-state index contributed by atoms with van der Waals surface area (Å²) in [6, 6.07) is -0.112. The average molecular weight is 501 g/mol. The van der Waals surface area contributed by atoms with Crippen molar-refractivity contribution in [1.29, 1.82) is 0 Å². The molecule has 2 atom stereocenters. The number of anilines is 2. The predicted octanol–water partition coefficient (Wildman–Crippen LogP) is 2.86. The molecule has 9 nitrogen and oxygen atoms in total. The fourth-order valence-corrected chi connectivity index (χ4v) is 4.62. The molecular formula is C25H33ClN6O3. The summed E-state index contributed by atoms with van der Waals surface area (Å²) in [7, 11) is 0. The van der Waals surface area contributed by atoms with Crippen LogP contribution in [0.1, 0.15) is 27.2 Å². The number of rotatable bonds is 9. The van der Waals surface area contributed by atoms with Gasteiger partial charge in [0.05, 0.1) is 12.2 Å². The molecule has 0 radical (unpaired) electrons. The summed E-state index contributed by atoms with van der Waals surface area (Å²) in [5, 5.41) is 3.76. The molecule has 1 fully saturated rings. The summed E-state index contributed by atoms with van der Waals surface area (Å²) in [5.74, 6) is 1.07. The Labute approximate surface area is 211 Å². The highest BCUT2D eigenvalue weighted by molar-refractivity contribution is 6.32. The fraction of sp³-hybridized carbons (Fsp3) is 0.520. The number of ketones is 1. The van der Waals surface area contributed by atoms with Crippen molar-refractivity contribution in [3.63, 3.8) is 0 Å². The minimum absolute atomic E-state index is 0.0457. The van der Waals surface area contributed by atoms with Crippen LogP contribution in [-0.2, 0) is 14.3 Å². The molecule has 1 aromatic rings. The van der Waals surface area contributed by atoms with Gasteiger partial charge in [-0.1, -0.05) is 37.6 Å². The van der Waals surface area contributed by atoms with E-state index in [9.17, 15) is 9.59 Å². The molecular weight excluding hydrogens is 468 g/mol. The second kappa shape index (κ2) is 11.2. The molecule has 1 N–H and O–H groups in total. The maximum Gasteiger partial charge on any atom is 0.289 e. The Morgan fingerprint density at radius 3 is 2.63 bits per heavy atom. The van der Waals surface area contributed by atoms with E-state index >= 15 is 0 Å². The van der Waals surface area contributed by atoms with E-state index in [0.717, 1.165) is 38.4 Å². The van der Waals surface area contributed by atoms with E-state index in [4.69, 9.17) is 21.3 Å². The van der Waals surface area contributed by atoms with Crippen molar-refractivity contribution in [3.05, 3.63) is 47.0 Å². The molecule has 0 aromatic carbocycles. The van der Waals surface area contributed by atoms with Gasteiger partial charge in [0.1, 0.15) is 11.6 Å². The van der Waals surface area contributed by atoms with Crippen molar-refractivity contribution in [1.82, 2.24) is 19.8 Å². The van der Waals surface area contributed by atoms with Crippen molar-refractivity contribution < 1.29 is 14.3 Å². The third kappa shape index (κ3) is 5.67. The van der Waals surface area contributed by atoms with Crippen LogP contribution in [-0.4, -0.2) is 83.4 Å². The minimum atomic E-state index is -0.196. The standard InChI is InChI=1S/C25H33ClN6O3/c1-4-19(33)16-35-22-14-17-13-18(7-8-21(17)32(6-3)24(22)34)28-23-20(26)15-27-25(29-23)31-11-9-30(5-2)10-12-31/h7-8,13-15,17,21H,4-6,9-12,16H2,1-3H3,(H,27,28,29). The maximum atomic E-state index is 12.9. The summed E-state index contributed by atoms with van der Waals surface area (Å²) >= 11 is 6.43. The van der Waals surface area contributed by atoms with Crippen LogP contribution in [0.2, 0.25) is 5.02 Å². The second-order valence-corrected chi connectivity index (χ2v) is 9.17. The van der Waals surface area contributed by atoms with Crippen LogP contribution < -0.4 is 10.2 Å². The topological polar surface area (TPSA) is 90.9 Å². The van der Waals surface area contributed by atoms with E-state index in [0.29, 0.717) is 29.8 Å². The van der Waals surface area contributed by atoms with Gasteiger partial charge in [-0.2, -0.15) is 4.98 Å². The van der Waals surface area contributed by atoms with Gasteiger partial charge in [-0.25, -0.2) is 4.98 Å². The van der Waals surface area contributed by atoms with Crippen LogP contribution in [0.3, 0.4) is 0 Å². The van der Waals surface area contributed by atoms with Crippen LogP contribution in [0.25, 0.3) is 0 Å². The number of fused-ring (bicyclic) bond motifs is 1. The fourth-order valence-electron chi connectivity index (χ4n) is 4.48. The summed E-state index contributed by atoms with van der Waals surface area (Å²) < 4.78 is 5.60. The number of hydrogen-bond acceptors (Lipinski definition) is 8. The van der Waals surface area contributed by atoms with Crippen LogP contribution in [0.4, 0.5) is 11.8 Å². The quantitative estimate of drug-likeness (QED) is 0.553. The van der Waals surface area contributed by atoms with Gasteiger partial charge < -0.3 is 24.8 Å². The number of carbonyl (C=O) groups excluding carboxylic acids is 2. The molecule has 0 saturated carbocycles. The van der Waals surface area contributed by atoms with Crippen molar-refractivity contribution >= 4 is 35.1 Å². The lowest BCUT2D eigenvalue weighted by Gasteiger charge is -2.38. The first-order valence-electron chi connectivity index (χ1n) is 12.3. The molecule has 0 spiro atoms. The van der Waals surface area contributed by atoms with Gasteiger partial charge >= 0.3 is 0 Å². The number of hydrogen-bond donors (Lipinski definition) is 1. The molecule has 1 amide bonds. The number of carbonyl (C=O) groups is 2. The number of allylic oxidation sites excluding steroid dienone is 1. The van der Waals surface area contributed by atoms with Gasteiger partial charge in [-0.05, 0) is 25.6 Å². The van der Waals surface area contributed by atoms with Gasteiger partial charge in [-0.15, -0.1) is 0 Å². The highest BCUT2D eigenvalue weighted by Crippen LogP contribution is 2.31. The number of nitrogens with zero attached hydrogens (tertiary/aromatic N) is 5. The third-order valence-corrected chi connectivity index (χ3v) is 6.91. The molecule has 3 heterocycles. The van der Waals surface area contributed by atoms with E-state index in [1.807, 2.05) is 25.2 Å². The zero-order valence-electron chi connectivity index (χ0n) is 20.5. The molecule has 188 valence electrons. The number of amides is 1. The SMILES string of the molecule is CCC(=O)COC1=CC2C=C(Nc3nc(N4CCN(CC)CC4)ncc3Cl)C=CC2N(CC)C1=O. The van der Waals surface area contributed by atoms with E-state index in [1.54, 1.807) is 24.1 Å². The Morgan fingerprint density at radius 2 is 1.94 bits per heavy atom. The first-order chi connectivity index (χ1) is 16.9. The van der Waals surface area contributed by atoms with E-state index in [-0.39, 0.29) is 36.0 Å². The van der Waals surface area contributed by atoms with Crippen LogP contribution >= 0.6 is 11.6 Å². The zero-order chi connectivity index (χ0) is 24.9. The molecule has 10 heteroatoms. The van der Waals surface area contributed by atoms with Gasteiger partial charge in [-0.3, -0.25) is 9.59 Å². The first-order valence-corrected chi connectivity index (χ1v) is 12.6. The Morgan fingerprint density at radius 1 is 1.17 bits per heavy atom. The number of Topliss-reactive ketones (excluding diaryl/α,β-unsaturated/α-hetero) is 1. The molecule has 2 unspecified atom stereocenters. The second-order valence-electron chi connectivity index (χ2n) is 8.76. The average Bonchev–Trinajstić information content (AvgIpc) is 2.88. The molecule has 35 heavy (non-hydrogen) atoms. The predicted molar refractivity (Wildman–Crippen MR) is 136 cm³/mol. The summed E-state index contributed by atoms with van der Waals surface area (Å²) in [6.07, 6.45) is 9.77. The largest absolute Gasteiger partial charge is 0.480 e. The van der Waals surface area contributed by atoms with E-state index < -0.39 is 0 Å². The Kier molecular flexibility index (Phi) is 8.07. The molecule has 1 aliphatic carbocycles. The maximum absolute atomic E-state index is 12.9. The smallest absolute Gasteiger partial charge is 0.289 e. The van der Waals surface area contributed by atoms with E-state index in [2.05, 4.69) is 27.0 Å². The van der Waals surface area contributed by atoms with Crippen molar-refractivity contribution in [2.75, 3.05) is 56.1 Å². The number of nitrogens with one attached hydrogen (secondary N) is 1. The van der Waals surface area contributed by atoms with Crippen molar-refractivity contribution in [2.45, 2.75) is 33.2 Å². The summed E-state index contributed by atoms with van der Waals surface area (Å²) in [4.78, 5) is 40.0. The van der Waals surface area contributed by atoms with E-state index in [1.165, 1.54) is 0 Å². The van der Waals surface area contributed by atoms with Gasteiger partial charge in [0.25, 0.3) is 5.91 Å². The lowest BCUT2D eigenvalue weighted by molar-refractivity contribution is -0.135. The Balaban J connectivity index is 1.51. The highest BCUT2D eigenvalue weighted by atomic mass is 35.5. The number of aromatic nitrogens is 2. The molecule has 4 rings (SSSR count). The molecule has 3 aliphatic rings. The first kappa shape index (κ1) is 25.2. The van der Waals surface area contributed by atoms with Gasteiger partial charge in [0, 0.05) is 50.8 Å². The third-order valence-electron chi connectivity index (χ3n) is 6.63. The molecule has 0 bridgehead atoms. The molecule has 2 aliphatic heterocycles. The minimum Gasteiger partial charge on any atom is -0.480 e. The zero-order valence-corrected chi connectivity index (χ0v) is 21.3. The monoisotopic (exact) mass is 500 g/mol. The lowest BCUT2D eigenvalue weighted by Crippen LogP contribution is -2.48. The Hall–Kier alpha value is -2.91. The van der Waals surface area contributed by atoms with Crippen LogP contribution in [0, 0.1) is 5.92 Å². The van der Waals surface area contributed by atoms with Gasteiger partial charge in [0.15, 0.2) is 17.4 Å². The molecule has 1 aromatic heterocycles. The van der Waals surface area contributed by atoms with Crippen molar-refractivity contribution in [2.24, 2.45) is 5.92 Å². The van der Waals surface area contributed by atoms with Crippen LogP contribution in [0.15, 0.2) is 42.0 Å². The van der Waals surface area contributed by atoms with Gasteiger partial charge in [0.2, 0.25) is 5.95 Å². The highest BCUT2D eigenvalue weighted by Gasteiger charge is 2.36. The number of halogens is 1. The lowest BCUT2D eigenvalue weighted by atomic mass is 9.88. The number of ether oxygens (including phenoxy) is 1. The van der Waals surface area contributed by atoms with Crippen LogP contribution in [0.5, 0.6) is 0 Å². The number of piperazine rings is 1. The Bertz CT molecular complexity index is 1050. The summed E-state index contributed by atoms with van der Waals surface area (Å²) in [6.45, 7) is 11.1. The molecule has 1 saturated heterocycles. The normalized spacial score (nSPS) is 22.5. The summed E-state index contributed by atoms with van der Waals surface area (Å²) in [5.41, 5.74) is 0.819.